The van der Waals surface area contributed by atoms with E-state index >= 15 is 0 Å². The predicted molar refractivity (Wildman–Crippen MR) is 161 cm³/mol. The van der Waals surface area contributed by atoms with E-state index in [1.807, 2.05) is 60.7 Å². The van der Waals surface area contributed by atoms with Crippen LogP contribution in [0.25, 0.3) is 0 Å². The number of carbonyl (C=O) groups excluding carboxylic acids is 1. The molecule has 224 valence electrons. The summed E-state index contributed by atoms with van der Waals surface area (Å²) in [6.07, 6.45) is 2.32. The zero-order chi connectivity index (χ0) is 30.1. The number of amidine groups is 1. The molecule has 1 aliphatic heterocycles. The largest absolute Gasteiger partial charge is 0.389 e. The second kappa shape index (κ2) is 14.1. The van der Waals surface area contributed by atoms with Crippen molar-refractivity contribution in [3.05, 3.63) is 119 Å². The third-order valence-electron chi connectivity index (χ3n) is 6.99. The summed E-state index contributed by atoms with van der Waals surface area (Å²) in [5.74, 6) is 0.550. The lowest BCUT2D eigenvalue weighted by atomic mass is 10.1. The fourth-order valence-electron chi connectivity index (χ4n) is 4.79. The first kappa shape index (κ1) is 29.9. The SMILES string of the molecule is N/C(=N\OCc1ccccc1)c1ccc(Cc2noc(CN3CCCCC(NS(=O)(=O)Cc4ccccc4)C3=O)n2)cc1. The van der Waals surface area contributed by atoms with Gasteiger partial charge in [-0.25, -0.2) is 13.1 Å². The molecule has 0 radical (unpaired) electrons. The van der Waals surface area contributed by atoms with Gasteiger partial charge in [0.1, 0.15) is 19.2 Å². The number of nitrogens with two attached hydrogens (primary N) is 1. The molecule has 5 rings (SSSR count). The first-order valence-corrected chi connectivity index (χ1v) is 15.7. The Morgan fingerprint density at radius 2 is 1.67 bits per heavy atom. The number of hydrogen-bond donors (Lipinski definition) is 2. The smallest absolute Gasteiger partial charge is 0.246 e. The molecule has 0 bridgehead atoms. The molecule has 0 spiro atoms. The van der Waals surface area contributed by atoms with Gasteiger partial charge >= 0.3 is 0 Å². The highest BCUT2D eigenvalue weighted by Crippen LogP contribution is 2.17. The van der Waals surface area contributed by atoms with Crippen LogP contribution in [0.1, 0.15) is 53.2 Å². The average molecular weight is 603 g/mol. The normalized spacial score (nSPS) is 16.2. The van der Waals surface area contributed by atoms with Gasteiger partial charge in [-0.1, -0.05) is 95.2 Å². The lowest BCUT2D eigenvalue weighted by Crippen LogP contribution is -2.47. The molecule has 2 heterocycles. The van der Waals surface area contributed by atoms with Crippen LogP contribution in [0.3, 0.4) is 0 Å². The molecule has 11 nitrogen and oxygen atoms in total. The first-order valence-electron chi connectivity index (χ1n) is 14.1. The molecule has 1 fully saturated rings. The number of hydrogen-bond acceptors (Lipinski definition) is 8. The highest BCUT2D eigenvalue weighted by molar-refractivity contribution is 7.88. The summed E-state index contributed by atoms with van der Waals surface area (Å²) < 4.78 is 33.6. The summed E-state index contributed by atoms with van der Waals surface area (Å²) in [6, 6.07) is 25.2. The zero-order valence-electron chi connectivity index (χ0n) is 23.6. The molecule has 4 aromatic rings. The van der Waals surface area contributed by atoms with Crippen LogP contribution in [0.2, 0.25) is 0 Å². The summed E-state index contributed by atoms with van der Waals surface area (Å²) in [5.41, 5.74) is 9.38. The van der Waals surface area contributed by atoms with Crippen molar-refractivity contribution in [1.29, 1.82) is 0 Å². The van der Waals surface area contributed by atoms with Crippen molar-refractivity contribution < 1.29 is 22.6 Å². The second-order valence-corrected chi connectivity index (χ2v) is 12.1. The molecule has 1 saturated heterocycles. The quantitative estimate of drug-likeness (QED) is 0.142. The van der Waals surface area contributed by atoms with E-state index in [-0.39, 0.29) is 24.0 Å². The third kappa shape index (κ3) is 8.72. The maximum Gasteiger partial charge on any atom is 0.246 e. The lowest BCUT2D eigenvalue weighted by molar-refractivity contribution is -0.133. The minimum atomic E-state index is -3.71. The van der Waals surface area contributed by atoms with Crippen LogP contribution in [0, 0.1) is 0 Å². The van der Waals surface area contributed by atoms with E-state index < -0.39 is 16.1 Å². The second-order valence-electron chi connectivity index (χ2n) is 10.4. The summed E-state index contributed by atoms with van der Waals surface area (Å²) in [5, 5.41) is 8.08. The van der Waals surface area contributed by atoms with Gasteiger partial charge in [-0.2, -0.15) is 4.98 Å². The molecule has 43 heavy (non-hydrogen) atoms. The van der Waals surface area contributed by atoms with Crippen LogP contribution in [0.15, 0.2) is 94.6 Å². The van der Waals surface area contributed by atoms with Crippen molar-refractivity contribution in [2.75, 3.05) is 6.54 Å². The standard InChI is InChI=1S/C31H34N6O5S/c32-30(35-41-21-24-9-3-1-4-10-24)26-16-14-23(15-17-26)19-28-33-29(42-34-28)20-37-18-8-7-13-27(31(37)38)36-43(39,40)22-25-11-5-2-6-12-25/h1-6,9-12,14-17,27,36H,7-8,13,18-22H2,(H2,32,35). The molecule has 12 heteroatoms. The van der Waals surface area contributed by atoms with Gasteiger partial charge in [-0.15, -0.1) is 0 Å². The van der Waals surface area contributed by atoms with E-state index in [0.717, 1.165) is 29.5 Å². The Kier molecular flexibility index (Phi) is 9.80. The van der Waals surface area contributed by atoms with Gasteiger partial charge in [-0.3, -0.25) is 4.79 Å². The van der Waals surface area contributed by atoms with E-state index in [0.29, 0.717) is 43.3 Å². The van der Waals surface area contributed by atoms with E-state index in [1.165, 1.54) is 0 Å². The molecule has 1 amide bonds. The maximum atomic E-state index is 13.3. The van der Waals surface area contributed by atoms with Crippen LogP contribution in [0.4, 0.5) is 0 Å². The number of carbonyl (C=O) groups is 1. The highest BCUT2D eigenvalue weighted by Gasteiger charge is 2.31. The minimum Gasteiger partial charge on any atom is -0.389 e. The number of rotatable bonds is 12. The van der Waals surface area contributed by atoms with Gasteiger partial charge in [0.15, 0.2) is 11.7 Å². The first-order chi connectivity index (χ1) is 20.8. The number of nitrogens with zero attached hydrogens (tertiary/aromatic N) is 4. The van der Waals surface area contributed by atoms with Crippen molar-refractivity contribution in [3.63, 3.8) is 0 Å². The van der Waals surface area contributed by atoms with Gasteiger partial charge in [0.25, 0.3) is 0 Å². The number of nitrogens with one attached hydrogen (secondary N) is 1. The molecular weight excluding hydrogens is 568 g/mol. The Hall–Kier alpha value is -4.55. The Balaban J connectivity index is 1.15. The van der Waals surface area contributed by atoms with Crippen molar-refractivity contribution >= 4 is 21.8 Å². The fraction of sp³-hybridized carbons (Fsp3) is 0.290. The minimum absolute atomic E-state index is 0.109. The van der Waals surface area contributed by atoms with Crippen LogP contribution in [-0.2, 0) is 45.0 Å². The van der Waals surface area contributed by atoms with Crippen LogP contribution >= 0.6 is 0 Å². The van der Waals surface area contributed by atoms with Crippen LogP contribution < -0.4 is 10.5 Å². The molecule has 3 N–H and O–H groups in total. The van der Waals surface area contributed by atoms with Gasteiger partial charge < -0.3 is 20.0 Å². The number of likely N-dealkylation sites (tertiary alicyclic amines) is 1. The van der Waals surface area contributed by atoms with E-state index in [4.69, 9.17) is 15.1 Å². The topological polar surface area (TPSA) is 153 Å². The highest BCUT2D eigenvalue weighted by atomic mass is 32.2. The average Bonchev–Trinajstić information content (AvgIpc) is 3.38. The number of benzene rings is 3. The Morgan fingerprint density at radius 1 is 0.977 bits per heavy atom. The Bertz CT molecular complexity index is 1630. The van der Waals surface area contributed by atoms with Crippen molar-refractivity contribution in [1.82, 2.24) is 19.8 Å². The van der Waals surface area contributed by atoms with Crippen molar-refractivity contribution in [2.24, 2.45) is 10.9 Å². The summed E-state index contributed by atoms with van der Waals surface area (Å²) in [6.45, 7) is 0.915. The molecular formula is C31H34N6O5S. The van der Waals surface area contributed by atoms with Crippen molar-refractivity contribution in [3.8, 4) is 0 Å². The molecule has 0 aliphatic carbocycles. The lowest BCUT2D eigenvalue weighted by Gasteiger charge is -2.23. The van der Waals surface area contributed by atoms with Gasteiger partial charge in [0, 0.05) is 18.5 Å². The molecule has 0 saturated carbocycles. The Morgan fingerprint density at radius 3 is 2.40 bits per heavy atom. The van der Waals surface area contributed by atoms with E-state index in [9.17, 15) is 13.2 Å². The van der Waals surface area contributed by atoms with Gasteiger partial charge in [0.05, 0.1) is 5.75 Å². The van der Waals surface area contributed by atoms with Gasteiger partial charge in [0.2, 0.25) is 21.8 Å². The van der Waals surface area contributed by atoms with E-state index in [1.54, 1.807) is 29.2 Å². The molecule has 1 unspecified atom stereocenters. The van der Waals surface area contributed by atoms with Gasteiger partial charge in [-0.05, 0) is 36.0 Å². The number of amides is 1. The van der Waals surface area contributed by atoms with E-state index in [2.05, 4.69) is 20.0 Å². The zero-order valence-corrected chi connectivity index (χ0v) is 24.4. The van der Waals surface area contributed by atoms with Crippen LogP contribution in [0.5, 0.6) is 0 Å². The fourth-order valence-corrected chi connectivity index (χ4v) is 6.16. The Labute approximate surface area is 250 Å². The summed E-state index contributed by atoms with van der Waals surface area (Å²) >= 11 is 0. The molecule has 1 aliphatic rings. The predicted octanol–water partition coefficient (Wildman–Crippen LogP) is 3.50. The molecule has 3 aromatic carbocycles. The van der Waals surface area contributed by atoms with Crippen LogP contribution in [-0.4, -0.2) is 47.8 Å². The molecule has 1 atom stereocenters. The number of sulfonamides is 1. The summed E-state index contributed by atoms with van der Waals surface area (Å²) in [4.78, 5) is 24.7. The number of oxime groups is 1. The maximum absolute atomic E-state index is 13.3. The summed E-state index contributed by atoms with van der Waals surface area (Å²) in [7, 11) is -3.71. The number of aromatic nitrogens is 2. The third-order valence-corrected chi connectivity index (χ3v) is 8.34. The van der Waals surface area contributed by atoms with Crippen molar-refractivity contribution in [2.45, 2.75) is 50.6 Å². The molecule has 1 aromatic heterocycles. The monoisotopic (exact) mass is 602 g/mol.